The highest BCUT2D eigenvalue weighted by Gasteiger charge is 2.27. The standard InChI is InChI=1S/C17H21N5O2/c1-12-6-9-18-17(16(12)22(23)24)21-10-7-14(8-11-21)20-15-5-3-4-13(2)19-15/h3-6,9,14H,7-8,10-11H2,1-2H3,(H,19,20). The Kier molecular flexibility index (Phi) is 4.59. The lowest BCUT2D eigenvalue weighted by Gasteiger charge is -2.33. The van der Waals surface area contributed by atoms with Crippen molar-refractivity contribution in [3.63, 3.8) is 0 Å². The van der Waals surface area contributed by atoms with Crippen molar-refractivity contribution in [1.82, 2.24) is 9.97 Å². The van der Waals surface area contributed by atoms with Crippen LogP contribution in [0.25, 0.3) is 0 Å². The van der Waals surface area contributed by atoms with E-state index in [0.29, 0.717) is 17.4 Å². The summed E-state index contributed by atoms with van der Waals surface area (Å²) in [5.74, 6) is 1.36. The molecular weight excluding hydrogens is 306 g/mol. The molecular formula is C17H21N5O2. The van der Waals surface area contributed by atoms with Gasteiger partial charge in [0.15, 0.2) is 0 Å². The summed E-state index contributed by atoms with van der Waals surface area (Å²) in [4.78, 5) is 21.7. The lowest BCUT2D eigenvalue weighted by atomic mass is 10.0. The van der Waals surface area contributed by atoms with Crippen LogP contribution in [0, 0.1) is 24.0 Å². The van der Waals surface area contributed by atoms with Gasteiger partial charge in [0.2, 0.25) is 5.82 Å². The Labute approximate surface area is 140 Å². The van der Waals surface area contributed by atoms with Crippen LogP contribution >= 0.6 is 0 Å². The van der Waals surface area contributed by atoms with Crippen molar-refractivity contribution >= 4 is 17.3 Å². The Morgan fingerprint density at radius 1 is 1.25 bits per heavy atom. The van der Waals surface area contributed by atoms with Gasteiger partial charge in [-0.3, -0.25) is 10.1 Å². The van der Waals surface area contributed by atoms with Crippen LogP contribution in [0.15, 0.2) is 30.5 Å². The summed E-state index contributed by atoms with van der Waals surface area (Å²) in [5.41, 5.74) is 1.75. The third-order valence-electron chi connectivity index (χ3n) is 4.32. The number of nitrogens with one attached hydrogen (secondary N) is 1. The summed E-state index contributed by atoms with van der Waals surface area (Å²) in [5, 5.41) is 14.8. The van der Waals surface area contributed by atoms with Crippen molar-refractivity contribution in [2.24, 2.45) is 0 Å². The zero-order chi connectivity index (χ0) is 17.1. The van der Waals surface area contributed by atoms with Crippen LogP contribution in [-0.2, 0) is 0 Å². The fourth-order valence-electron chi connectivity index (χ4n) is 3.06. The van der Waals surface area contributed by atoms with E-state index in [0.717, 1.165) is 37.4 Å². The molecule has 1 aliphatic rings. The van der Waals surface area contributed by atoms with Gasteiger partial charge >= 0.3 is 5.69 Å². The number of nitrogens with zero attached hydrogens (tertiary/aromatic N) is 4. The van der Waals surface area contributed by atoms with Gasteiger partial charge in [0, 0.05) is 36.6 Å². The molecule has 0 unspecified atom stereocenters. The van der Waals surface area contributed by atoms with Gasteiger partial charge in [0.05, 0.1) is 4.92 Å². The second-order valence-corrected chi connectivity index (χ2v) is 6.13. The van der Waals surface area contributed by atoms with Crippen molar-refractivity contribution in [3.8, 4) is 0 Å². The number of anilines is 2. The first-order valence-electron chi connectivity index (χ1n) is 8.10. The number of pyridine rings is 2. The quantitative estimate of drug-likeness (QED) is 0.686. The summed E-state index contributed by atoms with van der Waals surface area (Å²) in [6.07, 6.45) is 3.42. The molecule has 3 rings (SSSR count). The molecule has 7 nitrogen and oxygen atoms in total. The summed E-state index contributed by atoms with van der Waals surface area (Å²) in [6, 6.07) is 7.92. The molecule has 0 aromatic carbocycles. The van der Waals surface area contributed by atoms with Crippen molar-refractivity contribution in [3.05, 3.63) is 51.8 Å². The van der Waals surface area contributed by atoms with Gasteiger partial charge in [-0.1, -0.05) is 6.07 Å². The van der Waals surface area contributed by atoms with Gasteiger partial charge < -0.3 is 10.2 Å². The minimum absolute atomic E-state index is 0.115. The molecule has 0 saturated carbocycles. The summed E-state index contributed by atoms with van der Waals surface area (Å²) >= 11 is 0. The van der Waals surface area contributed by atoms with Crippen LogP contribution in [0.1, 0.15) is 24.1 Å². The van der Waals surface area contributed by atoms with Gasteiger partial charge in [-0.2, -0.15) is 0 Å². The molecule has 2 aromatic rings. The molecule has 0 spiro atoms. The van der Waals surface area contributed by atoms with Gasteiger partial charge in [-0.15, -0.1) is 0 Å². The van der Waals surface area contributed by atoms with Crippen LogP contribution in [-0.4, -0.2) is 34.0 Å². The smallest absolute Gasteiger partial charge is 0.314 e. The van der Waals surface area contributed by atoms with E-state index in [1.165, 1.54) is 0 Å². The van der Waals surface area contributed by atoms with E-state index in [4.69, 9.17) is 0 Å². The van der Waals surface area contributed by atoms with E-state index >= 15 is 0 Å². The first-order chi connectivity index (χ1) is 11.5. The number of hydrogen-bond donors (Lipinski definition) is 1. The first-order valence-corrected chi connectivity index (χ1v) is 8.10. The monoisotopic (exact) mass is 327 g/mol. The fourth-order valence-corrected chi connectivity index (χ4v) is 3.06. The average molecular weight is 327 g/mol. The third-order valence-corrected chi connectivity index (χ3v) is 4.32. The Bertz CT molecular complexity index is 742. The molecule has 0 bridgehead atoms. The highest BCUT2D eigenvalue weighted by atomic mass is 16.6. The Morgan fingerprint density at radius 2 is 2.00 bits per heavy atom. The van der Waals surface area contributed by atoms with Crippen molar-refractivity contribution < 1.29 is 4.92 Å². The van der Waals surface area contributed by atoms with Crippen molar-refractivity contribution in [1.29, 1.82) is 0 Å². The number of aromatic nitrogens is 2. The summed E-state index contributed by atoms with van der Waals surface area (Å²) in [7, 11) is 0. The van der Waals surface area contributed by atoms with Crippen LogP contribution in [0.3, 0.4) is 0 Å². The van der Waals surface area contributed by atoms with E-state index in [-0.39, 0.29) is 10.6 Å². The molecule has 2 aromatic heterocycles. The predicted octanol–water partition coefficient (Wildman–Crippen LogP) is 3.08. The molecule has 0 radical (unpaired) electrons. The molecule has 126 valence electrons. The largest absolute Gasteiger partial charge is 0.367 e. The normalized spacial score (nSPS) is 15.3. The maximum Gasteiger partial charge on any atom is 0.314 e. The molecule has 0 aliphatic carbocycles. The van der Waals surface area contributed by atoms with E-state index in [9.17, 15) is 10.1 Å². The topological polar surface area (TPSA) is 84.2 Å². The Hall–Kier alpha value is -2.70. The number of rotatable bonds is 4. The van der Waals surface area contributed by atoms with Crippen LogP contribution in [0.4, 0.5) is 17.3 Å². The average Bonchev–Trinajstić information content (AvgIpc) is 2.55. The lowest BCUT2D eigenvalue weighted by Crippen LogP contribution is -2.40. The molecule has 1 saturated heterocycles. The fraction of sp³-hybridized carbons (Fsp3) is 0.412. The number of aryl methyl sites for hydroxylation is 2. The maximum atomic E-state index is 11.3. The molecule has 1 N–H and O–H groups in total. The van der Waals surface area contributed by atoms with E-state index in [2.05, 4.69) is 15.3 Å². The van der Waals surface area contributed by atoms with Gasteiger partial charge in [0.1, 0.15) is 5.82 Å². The zero-order valence-corrected chi connectivity index (χ0v) is 13.9. The second kappa shape index (κ2) is 6.82. The van der Waals surface area contributed by atoms with Crippen LogP contribution in [0.5, 0.6) is 0 Å². The summed E-state index contributed by atoms with van der Waals surface area (Å²) in [6.45, 7) is 5.19. The predicted molar refractivity (Wildman–Crippen MR) is 93.5 cm³/mol. The van der Waals surface area contributed by atoms with Gasteiger partial charge in [-0.05, 0) is 44.9 Å². The van der Waals surface area contributed by atoms with E-state index < -0.39 is 0 Å². The lowest BCUT2D eigenvalue weighted by molar-refractivity contribution is -0.384. The van der Waals surface area contributed by atoms with Crippen molar-refractivity contribution in [2.75, 3.05) is 23.3 Å². The maximum absolute atomic E-state index is 11.3. The number of hydrogen-bond acceptors (Lipinski definition) is 6. The molecule has 0 atom stereocenters. The minimum Gasteiger partial charge on any atom is -0.367 e. The van der Waals surface area contributed by atoms with E-state index in [1.807, 2.05) is 30.0 Å². The molecule has 0 amide bonds. The Balaban J connectivity index is 1.67. The van der Waals surface area contributed by atoms with Crippen LogP contribution in [0.2, 0.25) is 0 Å². The number of piperidine rings is 1. The molecule has 1 fully saturated rings. The third kappa shape index (κ3) is 3.45. The molecule has 7 heteroatoms. The van der Waals surface area contributed by atoms with E-state index in [1.54, 1.807) is 19.2 Å². The molecule has 1 aliphatic heterocycles. The van der Waals surface area contributed by atoms with Gasteiger partial charge in [0.25, 0.3) is 0 Å². The second-order valence-electron chi connectivity index (χ2n) is 6.13. The highest BCUT2D eigenvalue weighted by Crippen LogP contribution is 2.31. The SMILES string of the molecule is Cc1cccc(NC2CCN(c3nccc(C)c3[N+](=O)[O-])CC2)n1. The zero-order valence-electron chi connectivity index (χ0n) is 13.9. The number of nitro groups is 1. The minimum atomic E-state index is -0.335. The van der Waals surface area contributed by atoms with Crippen molar-refractivity contribution in [2.45, 2.75) is 32.7 Å². The summed E-state index contributed by atoms with van der Waals surface area (Å²) < 4.78 is 0. The first kappa shape index (κ1) is 16.2. The highest BCUT2D eigenvalue weighted by molar-refractivity contribution is 5.61. The molecule has 24 heavy (non-hydrogen) atoms. The van der Waals surface area contributed by atoms with Gasteiger partial charge in [-0.25, -0.2) is 9.97 Å². The molecule has 3 heterocycles. The Morgan fingerprint density at radius 3 is 2.67 bits per heavy atom. The van der Waals surface area contributed by atoms with Crippen LogP contribution < -0.4 is 10.2 Å².